The van der Waals surface area contributed by atoms with Crippen molar-refractivity contribution in [2.24, 2.45) is 0 Å². The van der Waals surface area contributed by atoms with Gasteiger partial charge in [-0.1, -0.05) is 24.3 Å². The molecule has 0 fully saturated rings. The number of amides is 1. The summed E-state index contributed by atoms with van der Waals surface area (Å²) in [5.74, 6) is 0.849. The largest absolute Gasteiger partial charge is 0.493 e. The molecule has 0 aliphatic heterocycles. The van der Waals surface area contributed by atoms with Crippen molar-refractivity contribution in [2.75, 3.05) is 19.5 Å². The number of para-hydroxylation sites is 1. The molecule has 0 spiro atoms. The first-order valence-corrected chi connectivity index (χ1v) is 9.28. The quantitative estimate of drug-likeness (QED) is 0.525. The van der Waals surface area contributed by atoms with Crippen LogP contribution in [0, 0.1) is 0 Å². The summed E-state index contributed by atoms with van der Waals surface area (Å²) in [5.41, 5.74) is 3.18. The number of hydrogen-bond donors (Lipinski definition) is 1. The van der Waals surface area contributed by atoms with E-state index in [-0.39, 0.29) is 11.6 Å². The smallest absolute Gasteiger partial charge is 0.276 e. The van der Waals surface area contributed by atoms with Crippen LogP contribution in [-0.4, -0.2) is 34.9 Å². The maximum Gasteiger partial charge on any atom is 0.276 e. The lowest BCUT2D eigenvalue weighted by Gasteiger charge is -2.09. The number of aromatic nitrogens is 3. The normalized spacial score (nSPS) is 10.5. The molecule has 0 saturated carbocycles. The molecule has 7 heteroatoms. The molecule has 4 aromatic rings. The van der Waals surface area contributed by atoms with E-state index < -0.39 is 0 Å². The molecule has 0 atom stereocenters. The number of rotatable bonds is 6. The summed E-state index contributed by atoms with van der Waals surface area (Å²) in [5, 5.41) is 7.41. The van der Waals surface area contributed by atoms with Crippen molar-refractivity contribution in [1.82, 2.24) is 14.8 Å². The zero-order valence-corrected chi connectivity index (χ0v) is 16.6. The highest BCUT2D eigenvalue weighted by Crippen LogP contribution is 2.34. The first-order chi connectivity index (χ1) is 14.7. The Morgan fingerprint density at radius 3 is 2.47 bits per heavy atom. The third kappa shape index (κ3) is 3.86. The average molecular weight is 400 g/mol. The Kier molecular flexibility index (Phi) is 5.43. The molecule has 150 valence electrons. The minimum Gasteiger partial charge on any atom is -0.493 e. The first-order valence-electron chi connectivity index (χ1n) is 9.28. The van der Waals surface area contributed by atoms with Gasteiger partial charge in [0.15, 0.2) is 17.2 Å². The third-order valence-corrected chi connectivity index (χ3v) is 4.56. The van der Waals surface area contributed by atoms with Gasteiger partial charge in [0.2, 0.25) is 0 Å². The number of pyridine rings is 1. The topological polar surface area (TPSA) is 78.3 Å². The molecule has 30 heavy (non-hydrogen) atoms. The third-order valence-electron chi connectivity index (χ3n) is 4.56. The molecule has 2 heterocycles. The number of methoxy groups -OCH3 is 2. The van der Waals surface area contributed by atoms with E-state index in [1.807, 2.05) is 48.7 Å². The number of benzene rings is 2. The summed E-state index contributed by atoms with van der Waals surface area (Å²) in [4.78, 5) is 17.1. The standard InChI is InChI=1S/C23H20N4O3/c1-29-20-11-10-16(13-21(20)30-2)19-15-27(18-8-4-3-5-9-18)26-22(19)23(28)25-17-7-6-12-24-14-17/h3-15H,1-2H3,(H,25,28). The van der Waals surface area contributed by atoms with Gasteiger partial charge in [0.1, 0.15) is 0 Å². The highest BCUT2D eigenvalue weighted by molar-refractivity contribution is 6.07. The Morgan fingerprint density at radius 2 is 1.77 bits per heavy atom. The van der Waals surface area contributed by atoms with Crippen LogP contribution in [0.15, 0.2) is 79.3 Å². The van der Waals surface area contributed by atoms with Gasteiger partial charge >= 0.3 is 0 Å². The lowest BCUT2D eigenvalue weighted by molar-refractivity contribution is 0.102. The molecule has 1 N–H and O–H groups in total. The number of hydrogen-bond acceptors (Lipinski definition) is 5. The van der Waals surface area contributed by atoms with Gasteiger partial charge in [-0.25, -0.2) is 4.68 Å². The zero-order chi connectivity index (χ0) is 20.9. The van der Waals surface area contributed by atoms with Crippen LogP contribution in [0.1, 0.15) is 10.5 Å². The fourth-order valence-corrected chi connectivity index (χ4v) is 3.10. The molecule has 0 saturated heterocycles. The Hall–Kier alpha value is -4.13. The molecule has 0 aliphatic carbocycles. The fourth-order valence-electron chi connectivity index (χ4n) is 3.10. The van der Waals surface area contributed by atoms with E-state index in [2.05, 4.69) is 15.4 Å². The zero-order valence-electron chi connectivity index (χ0n) is 16.6. The van der Waals surface area contributed by atoms with Gasteiger partial charge in [-0.2, -0.15) is 5.10 Å². The van der Waals surface area contributed by atoms with Crippen LogP contribution in [0.5, 0.6) is 11.5 Å². The number of anilines is 1. The molecule has 7 nitrogen and oxygen atoms in total. The molecule has 4 rings (SSSR count). The van der Waals surface area contributed by atoms with Gasteiger partial charge in [-0.3, -0.25) is 9.78 Å². The van der Waals surface area contributed by atoms with E-state index in [9.17, 15) is 4.79 Å². The molecule has 0 aliphatic rings. The maximum absolute atomic E-state index is 13.1. The molecular weight excluding hydrogens is 380 g/mol. The van der Waals surface area contributed by atoms with E-state index in [4.69, 9.17) is 9.47 Å². The van der Waals surface area contributed by atoms with Gasteiger partial charge in [0.25, 0.3) is 5.91 Å². The maximum atomic E-state index is 13.1. The predicted octanol–water partition coefficient (Wildman–Crippen LogP) is 4.20. The van der Waals surface area contributed by atoms with Crippen LogP contribution in [0.4, 0.5) is 5.69 Å². The van der Waals surface area contributed by atoms with Gasteiger partial charge in [0, 0.05) is 18.0 Å². The Bertz CT molecular complexity index is 1160. The van der Waals surface area contributed by atoms with Crippen LogP contribution in [-0.2, 0) is 0 Å². The molecule has 2 aromatic carbocycles. The highest BCUT2D eigenvalue weighted by atomic mass is 16.5. The molecule has 0 bridgehead atoms. The van der Waals surface area contributed by atoms with Gasteiger partial charge in [0.05, 0.1) is 31.8 Å². The van der Waals surface area contributed by atoms with Crippen molar-refractivity contribution in [3.8, 4) is 28.3 Å². The van der Waals surface area contributed by atoms with Gasteiger partial charge in [-0.05, 0) is 42.0 Å². The number of carbonyl (C=O) groups excluding carboxylic acids is 1. The summed E-state index contributed by atoms with van der Waals surface area (Å²) in [6.07, 6.45) is 5.06. The van der Waals surface area contributed by atoms with Crippen molar-refractivity contribution in [3.63, 3.8) is 0 Å². The van der Waals surface area contributed by atoms with Crippen molar-refractivity contribution >= 4 is 11.6 Å². The van der Waals surface area contributed by atoms with Crippen molar-refractivity contribution in [1.29, 1.82) is 0 Å². The van der Waals surface area contributed by atoms with E-state index in [0.717, 1.165) is 11.3 Å². The summed E-state index contributed by atoms with van der Waals surface area (Å²) in [6.45, 7) is 0. The van der Waals surface area contributed by atoms with Crippen LogP contribution in [0.25, 0.3) is 16.8 Å². The van der Waals surface area contributed by atoms with Crippen molar-refractivity contribution in [2.45, 2.75) is 0 Å². The average Bonchev–Trinajstić information content (AvgIpc) is 3.25. The number of carbonyl (C=O) groups is 1. The summed E-state index contributed by atoms with van der Waals surface area (Å²) in [6, 6.07) is 18.6. The van der Waals surface area contributed by atoms with Gasteiger partial charge in [-0.15, -0.1) is 0 Å². The van der Waals surface area contributed by atoms with E-state index >= 15 is 0 Å². The Morgan fingerprint density at radius 1 is 0.967 bits per heavy atom. The van der Waals surface area contributed by atoms with E-state index in [0.29, 0.717) is 22.7 Å². The van der Waals surface area contributed by atoms with Crippen LogP contribution in [0.3, 0.4) is 0 Å². The number of ether oxygens (including phenoxy) is 2. The number of nitrogens with zero attached hydrogens (tertiary/aromatic N) is 3. The molecule has 0 unspecified atom stereocenters. The van der Waals surface area contributed by atoms with E-state index in [1.165, 1.54) is 0 Å². The molecular formula is C23H20N4O3. The molecule has 2 aromatic heterocycles. The van der Waals surface area contributed by atoms with Crippen LogP contribution in [0.2, 0.25) is 0 Å². The summed E-state index contributed by atoms with van der Waals surface area (Å²) < 4.78 is 12.4. The van der Waals surface area contributed by atoms with Crippen molar-refractivity contribution < 1.29 is 14.3 Å². The Labute approximate surface area is 173 Å². The lowest BCUT2D eigenvalue weighted by atomic mass is 10.1. The van der Waals surface area contributed by atoms with Crippen molar-refractivity contribution in [3.05, 3.63) is 84.9 Å². The highest BCUT2D eigenvalue weighted by Gasteiger charge is 2.20. The molecule has 0 radical (unpaired) electrons. The lowest BCUT2D eigenvalue weighted by Crippen LogP contribution is -2.14. The minimum absolute atomic E-state index is 0.287. The van der Waals surface area contributed by atoms with E-state index in [1.54, 1.807) is 49.5 Å². The second-order valence-electron chi connectivity index (χ2n) is 6.44. The van der Waals surface area contributed by atoms with Crippen LogP contribution >= 0.6 is 0 Å². The monoisotopic (exact) mass is 400 g/mol. The van der Waals surface area contributed by atoms with Crippen LogP contribution < -0.4 is 14.8 Å². The second kappa shape index (κ2) is 8.48. The molecule has 1 amide bonds. The summed E-state index contributed by atoms with van der Waals surface area (Å²) in [7, 11) is 3.16. The van der Waals surface area contributed by atoms with Gasteiger partial charge < -0.3 is 14.8 Å². The first kappa shape index (κ1) is 19.2. The SMILES string of the molecule is COc1ccc(-c2cn(-c3ccccc3)nc2C(=O)Nc2cccnc2)cc1OC. The number of nitrogens with one attached hydrogen (secondary N) is 1. The second-order valence-corrected chi connectivity index (χ2v) is 6.44. The fraction of sp³-hybridized carbons (Fsp3) is 0.0870. The summed E-state index contributed by atoms with van der Waals surface area (Å²) >= 11 is 0. The Balaban J connectivity index is 1.80. The minimum atomic E-state index is -0.331. The predicted molar refractivity (Wildman–Crippen MR) is 114 cm³/mol.